The molecule has 6 heterocycles. The lowest BCUT2D eigenvalue weighted by Gasteiger charge is -2.66. The van der Waals surface area contributed by atoms with Crippen LogP contribution in [0, 0.1) is 0 Å². The van der Waals surface area contributed by atoms with Crippen LogP contribution in [-0.4, -0.2) is 69.6 Å². The van der Waals surface area contributed by atoms with Crippen molar-refractivity contribution in [1.82, 2.24) is 20.2 Å². The zero-order valence-corrected chi connectivity index (χ0v) is 21.8. The van der Waals surface area contributed by atoms with Crippen LogP contribution in [0.15, 0.2) is 61.2 Å². The van der Waals surface area contributed by atoms with Crippen LogP contribution in [0.5, 0.6) is 5.75 Å². The first-order chi connectivity index (χ1) is 18.1. The van der Waals surface area contributed by atoms with Crippen LogP contribution < -0.4 is 5.43 Å². The van der Waals surface area contributed by atoms with Gasteiger partial charge in [-0.2, -0.15) is 0 Å². The first kappa shape index (κ1) is 24.7. The fourth-order valence-electron chi connectivity index (χ4n) is 7.66. The van der Waals surface area contributed by atoms with Crippen LogP contribution in [-0.2, 0) is 0 Å². The molecule has 0 radical (unpaired) electrons. The van der Waals surface area contributed by atoms with Crippen molar-refractivity contribution in [3.63, 3.8) is 0 Å². The van der Waals surface area contributed by atoms with Gasteiger partial charge in [-0.25, -0.2) is 5.01 Å². The molecule has 0 saturated carbocycles. The Hall–Kier alpha value is -2.67. The Bertz CT molecular complexity index is 1090. The van der Waals surface area contributed by atoms with E-state index in [1.807, 2.05) is 24.3 Å². The Balaban J connectivity index is 1.29. The lowest BCUT2D eigenvalue weighted by molar-refractivity contribution is -0.151. The van der Waals surface area contributed by atoms with Crippen LogP contribution in [0.3, 0.4) is 0 Å². The Morgan fingerprint density at radius 1 is 0.919 bits per heavy atom. The number of piperazine rings is 1. The summed E-state index contributed by atoms with van der Waals surface area (Å²) in [5.74, 6) is 0.273. The molecule has 0 spiro atoms. The molecule has 196 valence electrons. The summed E-state index contributed by atoms with van der Waals surface area (Å²) < 4.78 is 0. The highest BCUT2D eigenvalue weighted by Crippen LogP contribution is 2.50. The number of nitrogens with zero attached hydrogens (tertiary/aromatic N) is 3. The molecular formula is C31H40N4O2. The van der Waals surface area contributed by atoms with E-state index in [4.69, 9.17) is 0 Å². The number of aromatic hydroxyl groups is 1. The van der Waals surface area contributed by atoms with Gasteiger partial charge in [0.15, 0.2) is 0 Å². The summed E-state index contributed by atoms with van der Waals surface area (Å²) >= 11 is 0. The molecule has 1 amide bonds. The maximum Gasteiger partial charge on any atom is 0.265 e. The van der Waals surface area contributed by atoms with Crippen LogP contribution in [0.4, 0.5) is 0 Å². The summed E-state index contributed by atoms with van der Waals surface area (Å²) in [6.45, 7) is 6.84. The predicted molar refractivity (Wildman–Crippen MR) is 146 cm³/mol. The fourth-order valence-corrected chi connectivity index (χ4v) is 7.66. The largest absolute Gasteiger partial charge is 0.508 e. The number of hydrazine groups is 1. The van der Waals surface area contributed by atoms with Crippen molar-refractivity contribution in [2.75, 3.05) is 19.6 Å². The minimum Gasteiger partial charge on any atom is -0.508 e. The van der Waals surface area contributed by atoms with Crippen molar-refractivity contribution in [3.05, 3.63) is 77.9 Å². The number of carbonyl (C=O) groups excluding carboxylic acids is 1. The number of hydrogen-bond acceptors (Lipinski definition) is 5. The second-order valence-electron chi connectivity index (χ2n) is 11.3. The highest BCUT2D eigenvalue weighted by atomic mass is 16.3. The van der Waals surface area contributed by atoms with E-state index in [0.29, 0.717) is 35.5 Å². The summed E-state index contributed by atoms with van der Waals surface area (Å²) in [7, 11) is 0. The molecule has 4 bridgehead atoms. The third-order valence-corrected chi connectivity index (χ3v) is 9.20. The van der Waals surface area contributed by atoms with E-state index in [-0.39, 0.29) is 11.9 Å². The molecule has 6 aliphatic heterocycles. The maximum absolute atomic E-state index is 13.0. The average molecular weight is 501 g/mol. The quantitative estimate of drug-likeness (QED) is 0.532. The average Bonchev–Trinajstić information content (AvgIpc) is 3.18. The summed E-state index contributed by atoms with van der Waals surface area (Å²) in [5.41, 5.74) is 6.13. The van der Waals surface area contributed by atoms with Gasteiger partial charge in [0.1, 0.15) is 5.75 Å². The summed E-state index contributed by atoms with van der Waals surface area (Å²) in [4.78, 5) is 18.5. The van der Waals surface area contributed by atoms with Crippen molar-refractivity contribution in [2.24, 2.45) is 0 Å². The lowest BCUT2D eigenvalue weighted by Crippen LogP contribution is -2.75. The standard InChI is InChI=1S/C31H40N4O2/c1-2-18-34-26-14-16-28-27(34)15-17-29(26)35(28)30(24-8-7-9-25(36)21-24)22-10-12-23(13-11-22)31(37)32-33-19-5-3-4-6-20-33/h2,7-13,21,26-30,36H,1,3-6,14-20H2,(H,32,37). The zero-order valence-electron chi connectivity index (χ0n) is 21.8. The molecule has 6 heteroatoms. The number of hydrogen-bond donors (Lipinski definition) is 2. The molecule has 8 rings (SSSR count). The molecule has 2 N–H and O–H groups in total. The van der Waals surface area contributed by atoms with Gasteiger partial charge < -0.3 is 5.11 Å². The fraction of sp³-hybridized carbons (Fsp3) is 0.516. The molecule has 6 aliphatic rings. The highest BCUT2D eigenvalue weighted by molar-refractivity contribution is 5.93. The summed E-state index contributed by atoms with van der Waals surface area (Å²) in [5, 5.41) is 12.5. The summed E-state index contributed by atoms with van der Waals surface area (Å²) in [6.07, 6.45) is 11.7. The smallest absolute Gasteiger partial charge is 0.265 e. The van der Waals surface area contributed by atoms with Gasteiger partial charge in [-0.15, -0.1) is 6.58 Å². The third-order valence-electron chi connectivity index (χ3n) is 9.20. The van der Waals surface area contributed by atoms with Gasteiger partial charge in [0.25, 0.3) is 5.91 Å². The SMILES string of the molecule is C=CCN1C2CCC3C1CCC2N3C(c1ccc(C(=O)NN2CCCCCC2)cc1)c1cccc(O)c1. The zero-order chi connectivity index (χ0) is 25.4. The normalized spacial score (nSPS) is 29.1. The number of amides is 1. The van der Waals surface area contributed by atoms with E-state index in [2.05, 4.69) is 51.1 Å². The van der Waals surface area contributed by atoms with Crippen molar-refractivity contribution in [2.45, 2.75) is 81.6 Å². The third kappa shape index (κ3) is 4.71. The van der Waals surface area contributed by atoms with Crippen LogP contribution in [0.2, 0.25) is 0 Å². The maximum atomic E-state index is 13.0. The second-order valence-corrected chi connectivity index (χ2v) is 11.3. The topological polar surface area (TPSA) is 59.0 Å². The molecular weight excluding hydrogens is 460 g/mol. The number of fused-ring (bicyclic) bond motifs is 2. The highest BCUT2D eigenvalue weighted by Gasteiger charge is 2.56. The van der Waals surface area contributed by atoms with E-state index >= 15 is 0 Å². The van der Waals surface area contributed by atoms with Gasteiger partial charge in [-0.1, -0.05) is 43.2 Å². The molecule has 6 nitrogen and oxygen atoms in total. The van der Waals surface area contributed by atoms with Crippen molar-refractivity contribution >= 4 is 5.91 Å². The van der Waals surface area contributed by atoms with Crippen molar-refractivity contribution in [1.29, 1.82) is 0 Å². The monoisotopic (exact) mass is 500 g/mol. The van der Waals surface area contributed by atoms with Crippen LogP contribution in [0.25, 0.3) is 0 Å². The van der Waals surface area contributed by atoms with Gasteiger partial charge in [0, 0.05) is 49.4 Å². The van der Waals surface area contributed by atoms with E-state index in [1.54, 1.807) is 6.07 Å². The Morgan fingerprint density at radius 3 is 2.19 bits per heavy atom. The Labute approximate surface area is 220 Å². The Kier molecular flexibility index (Phi) is 7.06. The molecule has 37 heavy (non-hydrogen) atoms. The molecule has 2 aromatic carbocycles. The van der Waals surface area contributed by atoms with Gasteiger partial charge in [-0.3, -0.25) is 20.0 Å². The molecule has 6 fully saturated rings. The minimum atomic E-state index is -0.0292. The van der Waals surface area contributed by atoms with Crippen LogP contribution in [0.1, 0.15) is 78.9 Å². The Morgan fingerprint density at radius 2 is 1.57 bits per heavy atom. The van der Waals surface area contributed by atoms with Gasteiger partial charge in [0.2, 0.25) is 0 Å². The molecule has 0 aromatic heterocycles. The molecule has 5 unspecified atom stereocenters. The molecule has 6 saturated heterocycles. The van der Waals surface area contributed by atoms with Crippen molar-refractivity contribution in [3.8, 4) is 5.75 Å². The number of carbonyl (C=O) groups is 1. The lowest BCUT2D eigenvalue weighted by atomic mass is 9.69. The van der Waals surface area contributed by atoms with Gasteiger partial charge in [-0.05, 0) is 73.9 Å². The molecule has 5 atom stereocenters. The van der Waals surface area contributed by atoms with E-state index in [0.717, 1.165) is 38.0 Å². The summed E-state index contributed by atoms with van der Waals surface area (Å²) in [6, 6.07) is 18.1. The number of rotatable bonds is 7. The number of piperidine rings is 4. The van der Waals surface area contributed by atoms with E-state index in [9.17, 15) is 9.90 Å². The van der Waals surface area contributed by atoms with Gasteiger partial charge >= 0.3 is 0 Å². The second kappa shape index (κ2) is 10.6. The molecule has 2 aromatic rings. The minimum absolute atomic E-state index is 0.0292. The van der Waals surface area contributed by atoms with Crippen molar-refractivity contribution < 1.29 is 9.90 Å². The number of benzene rings is 2. The number of nitrogens with one attached hydrogen (secondary N) is 1. The number of phenolic OH excluding ortho intramolecular Hbond substituents is 1. The first-order valence-corrected chi connectivity index (χ1v) is 14.2. The van der Waals surface area contributed by atoms with Crippen LogP contribution >= 0.6 is 0 Å². The van der Waals surface area contributed by atoms with Gasteiger partial charge in [0.05, 0.1) is 6.04 Å². The van der Waals surface area contributed by atoms with E-state index < -0.39 is 0 Å². The predicted octanol–water partition coefficient (Wildman–Crippen LogP) is 4.87. The van der Waals surface area contributed by atoms with E-state index in [1.165, 1.54) is 44.1 Å². The molecule has 0 aliphatic carbocycles. The number of phenols is 1. The first-order valence-electron chi connectivity index (χ1n) is 14.2.